The van der Waals surface area contributed by atoms with Crippen molar-refractivity contribution in [2.45, 2.75) is 32.1 Å². The largest absolute Gasteiger partial charge is 0.481 e. The smallest absolute Gasteiger partial charge is 0.307 e. The molecule has 2 N–H and O–H groups in total. The predicted octanol–water partition coefficient (Wildman–Crippen LogP) is 1.35. The van der Waals surface area contributed by atoms with Gasteiger partial charge in [0.2, 0.25) is 0 Å². The zero-order valence-electron chi connectivity index (χ0n) is 7.90. The van der Waals surface area contributed by atoms with Crippen LogP contribution >= 0.6 is 0 Å². The Labute approximate surface area is 81.9 Å². The highest BCUT2D eigenvalue weighted by atomic mass is 16.4. The van der Waals surface area contributed by atoms with Gasteiger partial charge in [0, 0.05) is 0 Å². The minimum atomic E-state index is -0.931. The first-order valence-electron chi connectivity index (χ1n) is 5.05. The van der Waals surface area contributed by atoms with Crippen LogP contribution in [0.5, 0.6) is 0 Å². The van der Waals surface area contributed by atoms with Crippen LogP contribution in [0.3, 0.4) is 0 Å². The first kappa shape index (κ1) is 9.49. The molecule has 0 heterocycles. The summed E-state index contributed by atoms with van der Waals surface area (Å²) in [5, 5.41) is 17.9. The van der Waals surface area contributed by atoms with Gasteiger partial charge in [-0.05, 0) is 18.3 Å². The fourth-order valence-corrected chi connectivity index (χ4v) is 3.10. The maximum Gasteiger partial charge on any atom is 0.307 e. The third-order valence-electron chi connectivity index (χ3n) is 3.78. The maximum atomic E-state index is 10.9. The second-order valence-electron chi connectivity index (χ2n) is 4.43. The van der Waals surface area contributed by atoms with Crippen molar-refractivity contribution < 1.29 is 19.8 Å². The lowest BCUT2D eigenvalue weighted by molar-refractivity contribution is -0.144. The molecule has 4 nitrogen and oxygen atoms in total. The Morgan fingerprint density at radius 2 is 1.36 bits per heavy atom. The monoisotopic (exact) mass is 198 g/mol. The quantitative estimate of drug-likeness (QED) is 0.702. The molecule has 2 rings (SSSR count). The summed E-state index contributed by atoms with van der Waals surface area (Å²) in [6, 6.07) is 0. The Bertz CT molecular complexity index is 256. The van der Waals surface area contributed by atoms with Crippen LogP contribution in [0.1, 0.15) is 32.1 Å². The molecule has 2 saturated carbocycles. The van der Waals surface area contributed by atoms with Gasteiger partial charge in [0.05, 0.1) is 11.8 Å². The number of rotatable bonds is 2. The van der Waals surface area contributed by atoms with E-state index < -0.39 is 29.2 Å². The van der Waals surface area contributed by atoms with Crippen LogP contribution in [0.25, 0.3) is 0 Å². The number of carboxylic acid groups (broad SMARTS) is 2. The van der Waals surface area contributed by atoms with Gasteiger partial charge in [0.1, 0.15) is 0 Å². The van der Waals surface area contributed by atoms with Crippen LogP contribution in [0.2, 0.25) is 0 Å². The van der Waals surface area contributed by atoms with E-state index in [2.05, 4.69) is 0 Å². The lowest BCUT2D eigenvalue weighted by Crippen LogP contribution is -2.15. The summed E-state index contributed by atoms with van der Waals surface area (Å²) in [6.45, 7) is 0. The molecule has 1 spiro atoms. The van der Waals surface area contributed by atoms with Crippen LogP contribution in [0.15, 0.2) is 0 Å². The summed E-state index contributed by atoms with van der Waals surface area (Å²) in [5.41, 5.74) is -0.393. The summed E-state index contributed by atoms with van der Waals surface area (Å²) in [6.07, 6.45) is 4.63. The zero-order chi connectivity index (χ0) is 10.3. The van der Waals surface area contributed by atoms with Crippen LogP contribution < -0.4 is 0 Å². The number of hydrogen-bond acceptors (Lipinski definition) is 2. The van der Waals surface area contributed by atoms with Crippen molar-refractivity contribution in [2.75, 3.05) is 0 Å². The van der Waals surface area contributed by atoms with E-state index in [1.54, 1.807) is 0 Å². The van der Waals surface area contributed by atoms with Crippen molar-refractivity contribution in [2.24, 2.45) is 17.3 Å². The van der Waals surface area contributed by atoms with Crippen LogP contribution in [-0.4, -0.2) is 22.2 Å². The predicted molar refractivity (Wildman–Crippen MR) is 47.8 cm³/mol. The normalized spacial score (nSPS) is 34.0. The fraction of sp³-hybridized carbons (Fsp3) is 0.800. The molecule has 0 aromatic heterocycles. The molecule has 0 saturated heterocycles. The molecule has 4 heteroatoms. The standard InChI is InChI=1S/C10H14O4/c11-8(12)6-7(9(13)14)10(6)4-2-1-3-5-10/h6-7H,1-5H2,(H,11,12)(H,13,14). The van der Waals surface area contributed by atoms with Gasteiger partial charge in [0.25, 0.3) is 0 Å². The number of hydrogen-bond donors (Lipinski definition) is 2. The van der Waals surface area contributed by atoms with E-state index in [0.29, 0.717) is 0 Å². The highest BCUT2D eigenvalue weighted by molar-refractivity contribution is 5.88. The highest BCUT2D eigenvalue weighted by Crippen LogP contribution is 2.66. The molecule has 2 atom stereocenters. The molecule has 0 radical (unpaired) electrons. The van der Waals surface area contributed by atoms with Gasteiger partial charge < -0.3 is 10.2 Å². The van der Waals surface area contributed by atoms with E-state index in [1.165, 1.54) is 0 Å². The van der Waals surface area contributed by atoms with Crippen LogP contribution in [0, 0.1) is 17.3 Å². The summed E-state index contributed by atoms with van der Waals surface area (Å²) in [7, 11) is 0. The lowest BCUT2D eigenvalue weighted by Gasteiger charge is -2.21. The summed E-state index contributed by atoms with van der Waals surface area (Å²) < 4.78 is 0. The minimum Gasteiger partial charge on any atom is -0.481 e. The second kappa shape index (κ2) is 2.97. The Hall–Kier alpha value is -1.06. The van der Waals surface area contributed by atoms with Crippen molar-refractivity contribution in [3.05, 3.63) is 0 Å². The Kier molecular flexibility index (Phi) is 2.01. The average molecular weight is 198 g/mol. The number of carbonyl (C=O) groups is 2. The van der Waals surface area contributed by atoms with Crippen molar-refractivity contribution in [3.63, 3.8) is 0 Å². The third-order valence-corrected chi connectivity index (χ3v) is 3.78. The Balaban J connectivity index is 2.18. The van der Waals surface area contributed by atoms with Gasteiger partial charge in [-0.25, -0.2) is 0 Å². The first-order valence-corrected chi connectivity index (χ1v) is 5.05. The lowest BCUT2D eigenvalue weighted by atomic mass is 9.83. The van der Waals surface area contributed by atoms with Crippen molar-refractivity contribution >= 4 is 11.9 Å². The molecule has 2 unspecified atom stereocenters. The molecule has 0 aliphatic heterocycles. The number of carboxylic acids is 2. The van der Waals surface area contributed by atoms with Gasteiger partial charge in [-0.3, -0.25) is 9.59 Å². The van der Waals surface area contributed by atoms with Gasteiger partial charge >= 0.3 is 11.9 Å². The van der Waals surface area contributed by atoms with Gasteiger partial charge in [0.15, 0.2) is 0 Å². The number of aliphatic carboxylic acids is 2. The SMILES string of the molecule is O=C(O)C1C(C(=O)O)C12CCCCC2. The second-order valence-corrected chi connectivity index (χ2v) is 4.43. The van der Waals surface area contributed by atoms with Gasteiger partial charge in [-0.1, -0.05) is 19.3 Å². The molecular weight excluding hydrogens is 184 g/mol. The summed E-state index contributed by atoms with van der Waals surface area (Å²) in [5.74, 6) is -3.11. The third kappa shape index (κ3) is 1.13. The molecule has 0 bridgehead atoms. The van der Waals surface area contributed by atoms with E-state index in [1.807, 2.05) is 0 Å². The molecule has 0 aromatic rings. The first-order chi connectivity index (χ1) is 6.59. The molecular formula is C10H14O4. The zero-order valence-corrected chi connectivity index (χ0v) is 7.90. The van der Waals surface area contributed by atoms with E-state index in [4.69, 9.17) is 10.2 Å². The Morgan fingerprint density at radius 1 is 0.929 bits per heavy atom. The van der Waals surface area contributed by atoms with Crippen molar-refractivity contribution in [1.82, 2.24) is 0 Å². The van der Waals surface area contributed by atoms with Gasteiger partial charge in [-0.15, -0.1) is 0 Å². The molecule has 2 aliphatic carbocycles. The molecule has 0 aromatic carbocycles. The highest BCUT2D eigenvalue weighted by Gasteiger charge is 2.71. The average Bonchev–Trinajstić information content (AvgIpc) is 2.75. The van der Waals surface area contributed by atoms with E-state index in [0.717, 1.165) is 32.1 Å². The maximum absolute atomic E-state index is 10.9. The van der Waals surface area contributed by atoms with Gasteiger partial charge in [-0.2, -0.15) is 0 Å². The molecule has 0 amide bonds. The topological polar surface area (TPSA) is 74.6 Å². The molecule has 2 aliphatic rings. The Morgan fingerprint density at radius 3 is 1.71 bits per heavy atom. The van der Waals surface area contributed by atoms with E-state index in [9.17, 15) is 9.59 Å². The van der Waals surface area contributed by atoms with E-state index >= 15 is 0 Å². The minimum absolute atomic E-state index is 0.393. The summed E-state index contributed by atoms with van der Waals surface area (Å²) >= 11 is 0. The molecule has 78 valence electrons. The van der Waals surface area contributed by atoms with Crippen molar-refractivity contribution in [3.8, 4) is 0 Å². The summed E-state index contributed by atoms with van der Waals surface area (Å²) in [4.78, 5) is 21.8. The van der Waals surface area contributed by atoms with Crippen LogP contribution in [-0.2, 0) is 9.59 Å². The molecule has 14 heavy (non-hydrogen) atoms. The van der Waals surface area contributed by atoms with Crippen LogP contribution in [0.4, 0.5) is 0 Å². The van der Waals surface area contributed by atoms with Crippen molar-refractivity contribution in [1.29, 1.82) is 0 Å². The molecule has 2 fully saturated rings. The van der Waals surface area contributed by atoms with E-state index in [-0.39, 0.29) is 0 Å². The fourth-order valence-electron chi connectivity index (χ4n) is 3.10.